The van der Waals surface area contributed by atoms with Crippen molar-refractivity contribution < 1.29 is 14.5 Å². The molecular weight excluding hydrogens is 310 g/mol. The van der Waals surface area contributed by atoms with Gasteiger partial charge in [-0.05, 0) is 38.3 Å². The fourth-order valence-corrected chi connectivity index (χ4v) is 2.86. The Labute approximate surface area is 142 Å². The lowest BCUT2D eigenvalue weighted by atomic mass is 9.95. The van der Waals surface area contributed by atoms with E-state index in [1.807, 2.05) is 20.0 Å². The summed E-state index contributed by atoms with van der Waals surface area (Å²) >= 11 is 0. The zero-order chi connectivity index (χ0) is 18.7. The zero-order valence-corrected chi connectivity index (χ0v) is 15.3. The van der Waals surface area contributed by atoms with Crippen molar-refractivity contribution in [1.82, 2.24) is 0 Å². The lowest BCUT2D eigenvalue weighted by molar-refractivity contribution is -0.385. The minimum Gasteiger partial charge on any atom is -0.443 e. The Balaban J connectivity index is 3.29. The number of hydrogen-bond acceptors (Lipinski definition) is 5. The maximum atomic E-state index is 11.4. The van der Waals surface area contributed by atoms with E-state index in [9.17, 15) is 14.9 Å². The van der Waals surface area contributed by atoms with E-state index in [1.165, 1.54) is 0 Å². The standard InChI is InChI=1S/C17H27N3O4/c1-11(2)10-19(6)14-8-13(9-17(4,5)24-16(18)21)15(20(22)23)7-12(14)3/h7-8,11H,9-10H2,1-6H3,(H2,18,21). The van der Waals surface area contributed by atoms with E-state index < -0.39 is 16.6 Å². The Morgan fingerprint density at radius 1 is 1.42 bits per heavy atom. The average Bonchev–Trinajstić information content (AvgIpc) is 2.37. The van der Waals surface area contributed by atoms with Crippen LogP contribution in [0.1, 0.15) is 38.8 Å². The van der Waals surface area contributed by atoms with Crippen LogP contribution < -0.4 is 10.6 Å². The number of carbonyl (C=O) groups excluding carboxylic acids is 1. The summed E-state index contributed by atoms with van der Waals surface area (Å²) < 4.78 is 5.07. The minimum absolute atomic E-state index is 0.0235. The molecule has 0 aliphatic carbocycles. The van der Waals surface area contributed by atoms with Gasteiger partial charge in [0.25, 0.3) is 5.69 Å². The number of amides is 1. The predicted octanol–water partition coefficient (Wildman–Crippen LogP) is 3.41. The zero-order valence-electron chi connectivity index (χ0n) is 15.3. The predicted molar refractivity (Wildman–Crippen MR) is 94.4 cm³/mol. The first-order valence-electron chi connectivity index (χ1n) is 7.90. The number of hydrogen-bond donors (Lipinski definition) is 1. The Morgan fingerprint density at radius 3 is 2.46 bits per heavy atom. The molecule has 0 radical (unpaired) electrons. The van der Waals surface area contributed by atoms with Crippen molar-refractivity contribution in [2.75, 3.05) is 18.5 Å². The molecule has 134 valence electrons. The number of nitrogens with zero attached hydrogens (tertiary/aromatic N) is 2. The van der Waals surface area contributed by atoms with E-state index in [0.717, 1.165) is 17.8 Å². The average molecular weight is 337 g/mol. The van der Waals surface area contributed by atoms with Crippen LogP contribution in [0.5, 0.6) is 0 Å². The van der Waals surface area contributed by atoms with Gasteiger partial charge in [-0.2, -0.15) is 0 Å². The molecule has 0 unspecified atom stereocenters. The molecule has 1 aromatic carbocycles. The topological polar surface area (TPSA) is 98.7 Å². The number of anilines is 1. The monoisotopic (exact) mass is 337 g/mol. The number of aryl methyl sites for hydroxylation is 1. The molecule has 7 nitrogen and oxygen atoms in total. The molecule has 0 saturated carbocycles. The molecular formula is C17H27N3O4. The number of nitro benzene ring substituents is 1. The number of nitrogens with two attached hydrogens (primary N) is 1. The molecule has 1 rings (SSSR count). The quantitative estimate of drug-likeness (QED) is 0.607. The number of carbonyl (C=O) groups is 1. The lowest BCUT2D eigenvalue weighted by Crippen LogP contribution is -2.33. The van der Waals surface area contributed by atoms with Crippen molar-refractivity contribution >= 4 is 17.5 Å². The van der Waals surface area contributed by atoms with Crippen LogP contribution in [-0.4, -0.2) is 30.2 Å². The van der Waals surface area contributed by atoms with Gasteiger partial charge in [-0.3, -0.25) is 10.1 Å². The van der Waals surface area contributed by atoms with E-state index in [-0.39, 0.29) is 12.1 Å². The third-order valence-corrected chi connectivity index (χ3v) is 3.64. The van der Waals surface area contributed by atoms with E-state index >= 15 is 0 Å². The Bertz CT molecular complexity index is 627. The molecule has 0 saturated heterocycles. The van der Waals surface area contributed by atoms with Crippen LogP contribution >= 0.6 is 0 Å². The van der Waals surface area contributed by atoms with Crippen LogP contribution in [0.4, 0.5) is 16.2 Å². The van der Waals surface area contributed by atoms with Crippen molar-refractivity contribution in [1.29, 1.82) is 0 Å². The first kappa shape index (κ1) is 19.7. The van der Waals surface area contributed by atoms with E-state index in [1.54, 1.807) is 19.9 Å². The van der Waals surface area contributed by atoms with Crippen LogP contribution in [0, 0.1) is 23.0 Å². The molecule has 0 aromatic heterocycles. The maximum absolute atomic E-state index is 11.4. The summed E-state index contributed by atoms with van der Waals surface area (Å²) in [7, 11) is 1.96. The molecule has 0 aliphatic rings. The van der Waals surface area contributed by atoms with E-state index in [4.69, 9.17) is 10.5 Å². The van der Waals surface area contributed by atoms with Gasteiger partial charge in [0.2, 0.25) is 0 Å². The summed E-state index contributed by atoms with van der Waals surface area (Å²) in [5.74, 6) is 0.461. The molecule has 0 heterocycles. The number of primary amides is 1. The van der Waals surface area contributed by atoms with Gasteiger partial charge in [0.1, 0.15) is 5.60 Å². The van der Waals surface area contributed by atoms with Crippen molar-refractivity contribution in [3.63, 3.8) is 0 Å². The van der Waals surface area contributed by atoms with Crippen LogP contribution in [0.15, 0.2) is 12.1 Å². The van der Waals surface area contributed by atoms with Crippen LogP contribution in [0.2, 0.25) is 0 Å². The van der Waals surface area contributed by atoms with Gasteiger partial charge >= 0.3 is 6.09 Å². The molecule has 7 heteroatoms. The second kappa shape index (κ2) is 7.51. The molecule has 24 heavy (non-hydrogen) atoms. The fraction of sp³-hybridized carbons (Fsp3) is 0.588. The van der Waals surface area contributed by atoms with Crippen molar-refractivity contribution in [3.8, 4) is 0 Å². The van der Waals surface area contributed by atoms with Crippen molar-refractivity contribution in [2.45, 2.75) is 46.6 Å². The molecule has 1 amide bonds. The van der Waals surface area contributed by atoms with Gasteiger partial charge in [-0.1, -0.05) is 13.8 Å². The molecule has 2 N–H and O–H groups in total. The SMILES string of the molecule is Cc1cc([N+](=O)[O-])c(CC(C)(C)OC(N)=O)cc1N(C)CC(C)C. The highest BCUT2D eigenvalue weighted by Crippen LogP contribution is 2.32. The third kappa shape index (κ3) is 5.40. The fourth-order valence-electron chi connectivity index (χ4n) is 2.86. The van der Waals surface area contributed by atoms with Gasteiger partial charge in [0, 0.05) is 37.3 Å². The largest absolute Gasteiger partial charge is 0.443 e. The Morgan fingerprint density at radius 2 is 2.00 bits per heavy atom. The van der Waals surface area contributed by atoms with Gasteiger partial charge in [-0.15, -0.1) is 0 Å². The summed E-state index contributed by atoms with van der Waals surface area (Å²) in [6, 6.07) is 3.38. The first-order valence-corrected chi connectivity index (χ1v) is 7.90. The third-order valence-electron chi connectivity index (χ3n) is 3.64. The van der Waals surface area contributed by atoms with E-state index in [0.29, 0.717) is 11.5 Å². The summed E-state index contributed by atoms with van der Waals surface area (Å²) in [5, 5.41) is 11.4. The Hall–Kier alpha value is -2.31. The molecule has 0 fully saturated rings. The minimum atomic E-state index is -0.931. The number of benzene rings is 1. The van der Waals surface area contributed by atoms with Gasteiger partial charge in [0.15, 0.2) is 0 Å². The molecule has 0 aliphatic heterocycles. The smallest absolute Gasteiger partial charge is 0.405 e. The van der Waals surface area contributed by atoms with E-state index in [2.05, 4.69) is 18.7 Å². The summed E-state index contributed by atoms with van der Waals surface area (Å²) in [6.07, 6.45) is -0.693. The summed E-state index contributed by atoms with van der Waals surface area (Å²) in [6.45, 7) is 10.3. The normalized spacial score (nSPS) is 11.5. The second-order valence-electron chi connectivity index (χ2n) is 7.16. The highest BCUT2D eigenvalue weighted by molar-refractivity contribution is 5.65. The number of ether oxygens (including phenoxy) is 1. The maximum Gasteiger partial charge on any atom is 0.405 e. The van der Waals surface area contributed by atoms with Gasteiger partial charge in [0.05, 0.1) is 4.92 Å². The van der Waals surface area contributed by atoms with Crippen LogP contribution in [0.3, 0.4) is 0 Å². The van der Waals surface area contributed by atoms with Crippen LogP contribution in [-0.2, 0) is 11.2 Å². The van der Waals surface area contributed by atoms with Gasteiger partial charge < -0.3 is 15.4 Å². The highest BCUT2D eigenvalue weighted by atomic mass is 16.6. The van der Waals surface area contributed by atoms with Gasteiger partial charge in [-0.25, -0.2) is 4.79 Å². The Kier molecular flexibility index (Phi) is 6.17. The first-order chi connectivity index (χ1) is 10.9. The highest BCUT2D eigenvalue weighted by Gasteiger charge is 2.28. The van der Waals surface area contributed by atoms with Crippen molar-refractivity contribution in [3.05, 3.63) is 33.4 Å². The molecule has 1 aromatic rings. The lowest BCUT2D eigenvalue weighted by Gasteiger charge is -2.27. The number of rotatable bonds is 7. The summed E-state index contributed by atoms with van der Waals surface area (Å²) in [5.41, 5.74) is 6.46. The van der Waals surface area contributed by atoms with Crippen molar-refractivity contribution in [2.24, 2.45) is 11.7 Å². The summed E-state index contributed by atoms with van der Waals surface area (Å²) in [4.78, 5) is 24.1. The van der Waals surface area contributed by atoms with Crippen LogP contribution in [0.25, 0.3) is 0 Å². The molecule has 0 bridgehead atoms. The number of nitro groups is 1. The molecule has 0 spiro atoms. The second-order valence-corrected chi connectivity index (χ2v) is 7.16. The molecule has 0 atom stereocenters.